The minimum Gasteiger partial charge on any atom is -0.265 e. The molecule has 0 spiro atoms. The third-order valence-corrected chi connectivity index (χ3v) is 3.64. The third-order valence-electron chi connectivity index (χ3n) is 2.13. The van der Waals surface area contributed by atoms with Gasteiger partial charge in [-0.05, 0) is 28.1 Å². The minimum atomic E-state index is -3.20. The van der Waals surface area contributed by atoms with Gasteiger partial charge in [0.25, 0.3) is 0 Å². The molecule has 0 bridgehead atoms. The largest absolute Gasteiger partial charge is 0.265 e. The van der Waals surface area contributed by atoms with Gasteiger partial charge in [0.1, 0.15) is 9.50 Å². The fourth-order valence-corrected chi connectivity index (χ4v) is 2.26. The predicted molar refractivity (Wildman–Crippen MR) is 66.4 cm³/mol. The topological polar surface area (TPSA) is 64.8 Å². The number of hydrogen-bond donors (Lipinski definition) is 0. The first-order valence-corrected chi connectivity index (χ1v) is 7.47. The standard InChI is InChI=1S/C10H10BrN3O2S/c1-17(15,16)9-5-12-14(7-9)6-8-3-2-4-10(11)13-8/h2-5,7H,6H2,1H3. The highest BCUT2D eigenvalue weighted by Crippen LogP contribution is 2.10. The molecular weight excluding hydrogens is 306 g/mol. The first-order valence-electron chi connectivity index (χ1n) is 4.79. The maximum atomic E-state index is 11.3. The van der Waals surface area contributed by atoms with Gasteiger partial charge in [-0.2, -0.15) is 5.10 Å². The van der Waals surface area contributed by atoms with Crippen molar-refractivity contribution in [2.45, 2.75) is 11.4 Å². The molecule has 0 aromatic carbocycles. The highest BCUT2D eigenvalue weighted by molar-refractivity contribution is 9.10. The summed E-state index contributed by atoms with van der Waals surface area (Å²) in [6, 6.07) is 5.55. The summed E-state index contributed by atoms with van der Waals surface area (Å²) in [7, 11) is -3.20. The molecule has 2 rings (SSSR count). The van der Waals surface area contributed by atoms with Crippen molar-refractivity contribution < 1.29 is 8.42 Å². The molecule has 90 valence electrons. The van der Waals surface area contributed by atoms with Crippen LogP contribution in [0.3, 0.4) is 0 Å². The second-order valence-electron chi connectivity index (χ2n) is 3.60. The van der Waals surface area contributed by atoms with Crippen molar-refractivity contribution in [2.24, 2.45) is 0 Å². The number of rotatable bonds is 3. The van der Waals surface area contributed by atoms with Crippen LogP contribution < -0.4 is 0 Å². The summed E-state index contributed by atoms with van der Waals surface area (Å²) >= 11 is 3.28. The van der Waals surface area contributed by atoms with Crippen molar-refractivity contribution >= 4 is 25.8 Å². The molecule has 0 unspecified atom stereocenters. The number of sulfone groups is 1. The van der Waals surface area contributed by atoms with E-state index >= 15 is 0 Å². The molecule has 0 saturated heterocycles. The van der Waals surface area contributed by atoms with E-state index in [9.17, 15) is 8.42 Å². The lowest BCUT2D eigenvalue weighted by Gasteiger charge is -2.00. The molecule has 5 nitrogen and oxygen atoms in total. The summed E-state index contributed by atoms with van der Waals surface area (Å²) in [4.78, 5) is 4.46. The Morgan fingerprint density at radius 2 is 2.18 bits per heavy atom. The Morgan fingerprint density at radius 3 is 2.76 bits per heavy atom. The smallest absolute Gasteiger partial charge is 0.178 e. The zero-order valence-electron chi connectivity index (χ0n) is 9.04. The molecule has 0 atom stereocenters. The Hall–Kier alpha value is -1.21. The van der Waals surface area contributed by atoms with Crippen LogP contribution >= 0.6 is 15.9 Å². The van der Waals surface area contributed by atoms with Crippen LogP contribution in [-0.2, 0) is 16.4 Å². The summed E-state index contributed by atoms with van der Waals surface area (Å²) in [6.07, 6.45) is 4.00. The van der Waals surface area contributed by atoms with Gasteiger partial charge in [0, 0.05) is 12.5 Å². The fourth-order valence-electron chi connectivity index (χ4n) is 1.33. The fraction of sp³-hybridized carbons (Fsp3) is 0.200. The zero-order valence-corrected chi connectivity index (χ0v) is 11.4. The van der Waals surface area contributed by atoms with E-state index in [1.165, 1.54) is 12.4 Å². The lowest BCUT2D eigenvalue weighted by molar-refractivity contribution is 0.601. The van der Waals surface area contributed by atoms with Crippen LogP contribution in [0.5, 0.6) is 0 Å². The van der Waals surface area contributed by atoms with Gasteiger partial charge in [-0.3, -0.25) is 4.68 Å². The summed E-state index contributed by atoms with van der Waals surface area (Å²) in [5.74, 6) is 0. The highest BCUT2D eigenvalue weighted by atomic mass is 79.9. The average molecular weight is 316 g/mol. The molecule has 2 aromatic heterocycles. The first-order chi connectivity index (χ1) is 7.95. The van der Waals surface area contributed by atoms with Gasteiger partial charge in [-0.25, -0.2) is 13.4 Å². The lowest BCUT2D eigenvalue weighted by atomic mass is 10.3. The second kappa shape index (κ2) is 4.58. The summed E-state index contributed by atoms with van der Waals surface area (Å²) in [5, 5.41) is 3.99. The molecule has 0 aliphatic heterocycles. The van der Waals surface area contributed by atoms with Crippen molar-refractivity contribution in [3.05, 3.63) is 40.9 Å². The van der Waals surface area contributed by atoms with Gasteiger partial charge in [0.05, 0.1) is 18.4 Å². The number of hydrogen-bond acceptors (Lipinski definition) is 4. The van der Waals surface area contributed by atoms with Crippen LogP contribution in [0.4, 0.5) is 0 Å². The molecule has 2 aromatic rings. The third kappa shape index (κ3) is 3.13. The van der Waals surface area contributed by atoms with Gasteiger partial charge in [0.2, 0.25) is 0 Å². The van der Waals surface area contributed by atoms with Gasteiger partial charge >= 0.3 is 0 Å². The highest BCUT2D eigenvalue weighted by Gasteiger charge is 2.10. The molecular formula is C10H10BrN3O2S. The van der Waals surface area contributed by atoms with Crippen molar-refractivity contribution in [2.75, 3.05) is 6.26 Å². The van der Waals surface area contributed by atoms with Crippen molar-refractivity contribution in [1.29, 1.82) is 0 Å². The normalized spacial score (nSPS) is 11.6. The van der Waals surface area contributed by atoms with Crippen LogP contribution in [0.15, 0.2) is 40.1 Å². The van der Waals surface area contributed by atoms with Crippen LogP contribution in [0, 0.1) is 0 Å². The van der Waals surface area contributed by atoms with E-state index < -0.39 is 9.84 Å². The molecule has 0 fully saturated rings. The van der Waals surface area contributed by atoms with E-state index in [1.807, 2.05) is 18.2 Å². The van der Waals surface area contributed by atoms with Gasteiger partial charge < -0.3 is 0 Å². The number of pyridine rings is 1. The molecule has 0 aliphatic carbocycles. The van der Waals surface area contributed by atoms with Crippen LogP contribution in [-0.4, -0.2) is 29.4 Å². The Kier molecular flexibility index (Phi) is 3.30. The monoisotopic (exact) mass is 315 g/mol. The van der Waals surface area contributed by atoms with Crippen LogP contribution in [0.1, 0.15) is 5.69 Å². The molecule has 0 radical (unpaired) electrons. The molecule has 0 N–H and O–H groups in total. The first kappa shape index (κ1) is 12.3. The van der Waals surface area contributed by atoms with E-state index in [0.29, 0.717) is 6.54 Å². The van der Waals surface area contributed by atoms with Crippen LogP contribution in [0.25, 0.3) is 0 Å². The Labute approximate surface area is 108 Å². The summed E-state index contributed by atoms with van der Waals surface area (Å²) < 4.78 is 24.8. The van der Waals surface area contributed by atoms with E-state index in [4.69, 9.17) is 0 Å². The van der Waals surface area contributed by atoms with E-state index in [2.05, 4.69) is 26.0 Å². The molecule has 7 heteroatoms. The maximum absolute atomic E-state index is 11.3. The SMILES string of the molecule is CS(=O)(=O)c1cnn(Cc2cccc(Br)n2)c1. The minimum absolute atomic E-state index is 0.215. The zero-order chi connectivity index (χ0) is 12.5. The average Bonchev–Trinajstić information content (AvgIpc) is 2.65. The van der Waals surface area contributed by atoms with Crippen molar-refractivity contribution in [3.63, 3.8) is 0 Å². The van der Waals surface area contributed by atoms with Crippen molar-refractivity contribution in [3.8, 4) is 0 Å². The van der Waals surface area contributed by atoms with Gasteiger partial charge in [0.15, 0.2) is 9.84 Å². The molecule has 17 heavy (non-hydrogen) atoms. The Balaban J connectivity index is 2.23. The van der Waals surface area contributed by atoms with E-state index in [-0.39, 0.29) is 4.90 Å². The Bertz CT molecular complexity index is 637. The molecule has 2 heterocycles. The van der Waals surface area contributed by atoms with Crippen LogP contribution in [0.2, 0.25) is 0 Å². The van der Waals surface area contributed by atoms with Gasteiger partial charge in [-0.1, -0.05) is 6.07 Å². The number of aromatic nitrogens is 3. The lowest BCUT2D eigenvalue weighted by Crippen LogP contribution is -2.02. The van der Waals surface area contributed by atoms with E-state index in [0.717, 1.165) is 16.6 Å². The van der Waals surface area contributed by atoms with Crippen molar-refractivity contribution in [1.82, 2.24) is 14.8 Å². The summed E-state index contributed by atoms with van der Waals surface area (Å²) in [6.45, 7) is 0.439. The quantitative estimate of drug-likeness (QED) is 0.805. The molecule has 0 aliphatic rings. The maximum Gasteiger partial charge on any atom is 0.178 e. The number of nitrogens with zero attached hydrogens (tertiary/aromatic N) is 3. The number of halogens is 1. The molecule has 0 amide bonds. The Morgan fingerprint density at radius 1 is 1.41 bits per heavy atom. The predicted octanol–water partition coefficient (Wildman–Crippen LogP) is 1.49. The van der Waals surface area contributed by atoms with E-state index in [1.54, 1.807) is 4.68 Å². The molecule has 0 saturated carbocycles. The summed E-state index contributed by atoms with van der Waals surface area (Å²) in [5.41, 5.74) is 0.808. The second-order valence-corrected chi connectivity index (χ2v) is 6.43. The van der Waals surface area contributed by atoms with Gasteiger partial charge in [-0.15, -0.1) is 0 Å².